The minimum Gasteiger partial charge on any atom is -0.497 e. The van der Waals surface area contributed by atoms with E-state index in [1.807, 2.05) is 61.6 Å². The third-order valence-electron chi connectivity index (χ3n) is 5.51. The molecule has 29 heavy (non-hydrogen) atoms. The highest BCUT2D eigenvalue weighted by atomic mass is 32.1. The monoisotopic (exact) mass is 409 g/mol. The van der Waals surface area contributed by atoms with E-state index in [4.69, 9.17) is 4.74 Å². The molecule has 1 fully saturated rings. The molecule has 1 saturated heterocycles. The van der Waals surface area contributed by atoms with E-state index in [1.165, 1.54) is 4.88 Å². The van der Waals surface area contributed by atoms with Crippen LogP contribution in [0.15, 0.2) is 42.6 Å². The van der Waals surface area contributed by atoms with Crippen LogP contribution in [0.5, 0.6) is 5.75 Å². The molecule has 0 aliphatic carbocycles. The van der Waals surface area contributed by atoms with Crippen LogP contribution in [-0.2, 0) is 6.54 Å². The summed E-state index contributed by atoms with van der Waals surface area (Å²) in [6, 6.07) is 12.0. The number of carbonyl (C=O) groups is 1. The molecule has 0 amide bonds. The molecule has 1 aromatic heterocycles. The van der Waals surface area contributed by atoms with Gasteiger partial charge in [-0.05, 0) is 48.4 Å². The lowest BCUT2D eigenvalue weighted by Gasteiger charge is -2.31. The maximum absolute atomic E-state index is 13.2. The van der Waals surface area contributed by atoms with E-state index in [1.54, 1.807) is 18.4 Å². The number of likely N-dealkylation sites (tertiary alicyclic amines) is 1. The second kappa shape index (κ2) is 8.51. The normalized spacial score (nSPS) is 17.4. The first kappa shape index (κ1) is 19.9. The summed E-state index contributed by atoms with van der Waals surface area (Å²) < 4.78 is 5.29. The van der Waals surface area contributed by atoms with Crippen LogP contribution in [0, 0.1) is 5.92 Å². The highest BCUT2D eigenvalue weighted by molar-refractivity contribution is 7.15. The maximum atomic E-state index is 13.2. The van der Waals surface area contributed by atoms with Gasteiger partial charge in [-0.25, -0.2) is 4.98 Å². The summed E-state index contributed by atoms with van der Waals surface area (Å²) in [5, 5.41) is 3.19. The van der Waals surface area contributed by atoms with E-state index in [-0.39, 0.29) is 11.7 Å². The summed E-state index contributed by atoms with van der Waals surface area (Å²) in [5.41, 5.74) is 0.808. The van der Waals surface area contributed by atoms with E-state index in [9.17, 15) is 4.79 Å². The van der Waals surface area contributed by atoms with Gasteiger partial charge in [0.25, 0.3) is 0 Å². The number of methoxy groups -OCH3 is 1. The van der Waals surface area contributed by atoms with Crippen LogP contribution in [-0.4, -0.2) is 50.0 Å². The van der Waals surface area contributed by atoms with Gasteiger partial charge in [0.05, 0.1) is 7.11 Å². The zero-order valence-corrected chi connectivity index (χ0v) is 18.0. The molecule has 0 saturated carbocycles. The number of rotatable bonds is 6. The number of carbonyl (C=O) groups excluding carboxylic acids is 1. The van der Waals surface area contributed by atoms with Crippen molar-refractivity contribution < 1.29 is 9.53 Å². The van der Waals surface area contributed by atoms with Crippen molar-refractivity contribution >= 4 is 33.0 Å². The lowest BCUT2D eigenvalue weighted by atomic mass is 9.89. The SMILES string of the molecule is COc1ccc2cc(C(=O)C3CCCN(Cc4cnc(N(C)C)s4)C3)ccc2c1. The second-order valence-corrected chi connectivity index (χ2v) is 8.96. The van der Waals surface area contributed by atoms with Gasteiger partial charge in [0, 0.05) is 49.7 Å². The first-order chi connectivity index (χ1) is 14.0. The van der Waals surface area contributed by atoms with Crippen LogP contribution in [0.3, 0.4) is 0 Å². The van der Waals surface area contributed by atoms with Gasteiger partial charge in [0.1, 0.15) is 5.75 Å². The second-order valence-electron chi connectivity index (χ2n) is 7.87. The van der Waals surface area contributed by atoms with Gasteiger partial charge in [-0.3, -0.25) is 9.69 Å². The molecule has 4 rings (SSSR count). The number of hydrogen-bond donors (Lipinski definition) is 0. The summed E-state index contributed by atoms with van der Waals surface area (Å²) in [7, 11) is 5.69. The van der Waals surface area contributed by atoms with Crippen LogP contribution in [0.2, 0.25) is 0 Å². The summed E-state index contributed by atoms with van der Waals surface area (Å²) in [4.78, 5) is 23.3. The standard InChI is InChI=1S/C23H27N3O2S/c1-25(2)23-24-13-21(29-23)15-26-10-4-5-19(14-26)22(27)18-7-6-17-12-20(28-3)9-8-16(17)11-18/h6-9,11-13,19H,4-5,10,14-15H2,1-3H3. The van der Waals surface area contributed by atoms with E-state index in [0.717, 1.165) is 59.7 Å². The maximum Gasteiger partial charge on any atom is 0.185 e. The number of hydrogen-bond acceptors (Lipinski definition) is 6. The summed E-state index contributed by atoms with van der Waals surface area (Å²) in [6.07, 6.45) is 3.98. The molecule has 0 bridgehead atoms. The molecule has 6 heteroatoms. The summed E-state index contributed by atoms with van der Waals surface area (Å²) in [6.45, 7) is 2.72. The topological polar surface area (TPSA) is 45.7 Å². The van der Waals surface area contributed by atoms with Crippen LogP contribution in [0.4, 0.5) is 5.13 Å². The largest absolute Gasteiger partial charge is 0.497 e. The quantitative estimate of drug-likeness (QED) is 0.562. The molecule has 152 valence electrons. The first-order valence-electron chi connectivity index (χ1n) is 10.00. The number of Topliss-reactive ketones (excluding diaryl/α,β-unsaturated/α-hetero) is 1. The molecular formula is C23H27N3O2S. The minimum atomic E-state index is 0.0562. The van der Waals surface area contributed by atoms with E-state index >= 15 is 0 Å². The average molecular weight is 410 g/mol. The van der Waals surface area contributed by atoms with Gasteiger partial charge in [-0.1, -0.05) is 18.2 Å². The fourth-order valence-electron chi connectivity index (χ4n) is 3.95. The van der Waals surface area contributed by atoms with Crippen molar-refractivity contribution in [3.05, 3.63) is 53.0 Å². The van der Waals surface area contributed by atoms with Crippen LogP contribution in [0.25, 0.3) is 10.8 Å². The van der Waals surface area contributed by atoms with Gasteiger partial charge in [0.2, 0.25) is 0 Å². The van der Waals surface area contributed by atoms with Crippen molar-refractivity contribution in [1.29, 1.82) is 0 Å². The first-order valence-corrected chi connectivity index (χ1v) is 10.8. The highest BCUT2D eigenvalue weighted by Gasteiger charge is 2.27. The number of nitrogens with zero attached hydrogens (tertiary/aromatic N) is 3. The zero-order chi connectivity index (χ0) is 20.4. The number of fused-ring (bicyclic) bond motifs is 1. The Morgan fingerprint density at radius 3 is 2.79 bits per heavy atom. The molecule has 1 unspecified atom stereocenters. The minimum absolute atomic E-state index is 0.0562. The molecule has 1 aliphatic rings. The molecule has 1 atom stereocenters. The Balaban J connectivity index is 1.45. The Bertz CT molecular complexity index is 1010. The smallest absolute Gasteiger partial charge is 0.185 e. The number of aromatic nitrogens is 1. The molecule has 3 aromatic rings. The Hall–Kier alpha value is -2.44. The lowest BCUT2D eigenvalue weighted by molar-refractivity contribution is 0.0813. The Morgan fingerprint density at radius 2 is 2.03 bits per heavy atom. The van der Waals surface area contributed by atoms with E-state index < -0.39 is 0 Å². The van der Waals surface area contributed by atoms with Gasteiger partial charge in [-0.2, -0.15) is 0 Å². The fraction of sp³-hybridized carbons (Fsp3) is 0.391. The van der Waals surface area contributed by atoms with Crippen molar-refractivity contribution in [3.63, 3.8) is 0 Å². The predicted molar refractivity (Wildman–Crippen MR) is 119 cm³/mol. The van der Waals surface area contributed by atoms with Gasteiger partial charge >= 0.3 is 0 Å². The van der Waals surface area contributed by atoms with Gasteiger partial charge in [0.15, 0.2) is 10.9 Å². The predicted octanol–water partition coefficient (Wildman–Crippen LogP) is 4.47. The van der Waals surface area contributed by atoms with Gasteiger partial charge < -0.3 is 9.64 Å². The van der Waals surface area contributed by atoms with E-state index in [0.29, 0.717) is 0 Å². The number of ketones is 1. The highest BCUT2D eigenvalue weighted by Crippen LogP contribution is 2.28. The molecular weight excluding hydrogens is 382 g/mol. The van der Waals surface area contributed by atoms with Crippen LogP contribution >= 0.6 is 11.3 Å². The molecule has 1 aliphatic heterocycles. The van der Waals surface area contributed by atoms with Crippen molar-refractivity contribution in [3.8, 4) is 5.75 Å². The third-order valence-corrected chi connectivity index (χ3v) is 6.66. The van der Waals surface area contributed by atoms with E-state index in [2.05, 4.69) is 9.88 Å². The molecule has 0 radical (unpaired) electrons. The summed E-state index contributed by atoms with van der Waals surface area (Å²) in [5.74, 6) is 1.14. The number of piperidine rings is 1. The Kier molecular flexibility index (Phi) is 5.83. The summed E-state index contributed by atoms with van der Waals surface area (Å²) >= 11 is 1.72. The Labute approximate surface area is 175 Å². The number of anilines is 1. The number of ether oxygens (including phenoxy) is 1. The molecule has 2 aromatic carbocycles. The number of thiazole rings is 1. The fourth-order valence-corrected chi connectivity index (χ4v) is 4.83. The van der Waals surface area contributed by atoms with Crippen molar-refractivity contribution in [2.45, 2.75) is 19.4 Å². The van der Waals surface area contributed by atoms with Crippen LogP contribution < -0.4 is 9.64 Å². The average Bonchev–Trinajstić information content (AvgIpc) is 3.21. The number of benzene rings is 2. The Morgan fingerprint density at radius 1 is 1.24 bits per heavy atom. The third kappa shape index (κ3) is 4.43. The zero-order valence-electron chi connectivity index (χ0n) is 17.2. The molecule has 5 nitrogen and oxygen atoms in total. The lowest BCUT2D eigenvalue weighted by Crippen LogP contribution is -2.38. The van der Waals surface area contributed by atoms with Crippen molar-refractivity contribution in [2.75, 3.05) is 39.2 Å². The van der Waals surface area contributed by atoms with Crippen molar-refractivity contribution in [2.24, 2.45) is 5.92 Å². The molecule has 0 N–H and O–H groups in total. The van der Waals surface area contributed by atoms with Crippen LogP contribution in [0.1, 0.15) is 28.1 Å². The van der Waals surface area contributed by atoms with Crippen molar-refractivity contribution in [1.82, 2.24) is 9.88 Å². The van der Waals surface area contributed by atoms with Gasteiger partial charge in [-0.15, -0.1) is 11.3 Å². The molecule has 0 spiro atoms. The molecule has 2 heterocycles.